The van der Waals surface area contributed by atoms with Crippen LogP contribution < -0.4 is 10.6 Å². The highest BCUT2D eigenvalue weighted by Crippen LogP contribution is 2.45. The van der Waals surface area contributed by atoms with E-state index in [1.807, 2.05) is 0 Å². The largest absolute Gasteiger partial charge is 0.0805 e. The number of unbranched alkanes of at least 4 members (excludes halogenated alkanes) is 1. The fourth-order valence-corrected chi connectivity index (χ4v) is 5.18. The van der Waals surface area contributed by atoms with Gasteiger partial charge in [0.25, 0.3) is 0 Å². The second-order valence-electron chi connectivity index (χ2n) is 5.21. The molecule has 0 N–H and O–H groups in total. The first-order valence-corrected chi connectivity index (χ1v) is 9.30. The maximum atomic E-state index is 2.46. The average molecular weight is 296 g/mol. The maximum Gasteiger partial charge on any atom is -0.0154 e. The van der Waals surface area contributed by atoms with Crippen molar-refractivity contribution < 1.29 is 0 Å². The lowest BCUT2D eigenvalue weighted by atomic mass is 10.2. The Morgan fingerprint density at radius 2 is 1.38 bits per heavy atom. The zero-order chi connectivity index (χ0) is 14.9. The molecule has 0 aromatic heterocycles. The Balaban J connectivity index is 2.42. The highest BCUT2D eigenvalue weighted by atomic mass is 31.1. The van der Waals surface area contributed by atoms with Crippen LogP contribution in [-0.2, 0) is 0 Å². The summed E-state index contributed by atoms with van der Waals surface area (Å²) in [4.78, 5) is 0. The molecule has 0 amide bonds. The molecule has 0 aliphatic rings. The van der Waals surface area contributed by atoms with Crippen molar-refractivity contribution in [3.63, 3.8) is 0 Å². The van der Waals surface area contributed by atoms with E-state index in [9.17, 15) is 0 Å². The molecule has 2 rings (SSSR count). The number of benzene rings is 2. The summed E-state index contributed by atoms with van der Waals surface area (Å²) in [7, 11) is -0.371. The van der Waals surface area contributed by atoms with Crippen LogP contribution in [0.5, 0.6) is 0 Å². The monoisotopic (exact) mass is 296 g/mol. The number of rotatable bonds is 7. The molecule has 0 saturated carbocycles. The van der Waals surface area contributed by atoms with Gasteiger partial charge in [-0.2, -0.15) is 0 Å². The predicted octanol–water partition coefficient (Wildman–Crippen LogP) is 5.60. The molecule has 0 atom stereocenters. The Kier molecular flexibility index (Phi) is 6.70. The minimum Gasteiger partial charge on any atom is -0.0805 e. The predicted molar refractivity (Wildman–Crippen MR) is 97.0 cm³/mol. The summed E-state index contributed by atoms with van der Waals surface area (Å²) in [6.07, 6.45) is 7.34. The summed E-state index contributed by atoms with van der Waals surface area (Å²) in [6.45, 7) is 4.52. The minimum absolute atomic E-state index is 0.371. The SMILES string of the molecule is CCC=C(CCCC)P(c1ccccc1)c1ccccc1. The minimum atomic E-state index is -0.371. The second kappa shape index (κ2) is 8.80. The van der Waals surface area contributed by atoms with E-state index >= 15 is 0 Å². The molecule has 2 aromatic rings. The van der Waals surface area contributed by atoms with Gasteiger partial charge in [-0.15, -0.1) is 0 Å². The fraction of sp³-hybridized carbons (Fsp3) is 0.300. The standard InChI is InChI=1S/C20H25P/c1-3-5-13-18(12-4-2)21(19-14-8-6-9-15-19)20-16-10-7-11-17-20/h6-12,14-17H,3-5,13H2,1-2H3. The molecule has 0 spiro atoms. The first-order valence-electron chi connectivity index (χ1n) is 7.96. The summed E-state index contributed by atoms with van der Waals surface area (Å²) in [5.74, 6) is 0. The third-order valence-electron chi connectivity index (χ3n) is 3.54. The van der Waals surface area contributed by atoms with Crippen LogP contribution in [0.3, 0.4) is 0 Å². The molecule has 1 heteroatoms. The van der Waals surface area contributed by atoms with Crippen molar-refractivity contribution in [3.8, 4) is 0 Å². The third kappa shape index (κ3) is 4.55. The molecule has 0 heterocycles. The molecule has 0 unspecified atom stereocenters. The van der Waals surface area contributed by atoms with E-state index in [1.54, 1.807) is 5.31 Å². The van der Waals surface area contributed by atoms with Gasteiger partial charge in [0.05, 0.1) is 0 Å². The molecule has 0 nitrogen and oxygen atoms in total. The summed E-state index contributed by atoms with van der Waals surface area (Å²) in [5, 5.41) is 4.57. The molecule has 110 valence electrons. The summed E-state index contributed by atoms with van der Waals surface area (Å²) < 4.78 is 0. The van der Waals surface area contributed by atoms with Gasteiger partial charge < -0.3 is 0 Å². The van der Waals surface area contributed by atoms with Crippen molar-refractivity contribution in [3.05, 3.63) is 72.1 Å². The van der Waals surface area contributed by atoms with Crippen LogP contribution in [-0.4, -0.2) is 0 Å². The van der Waals surface area contributed by atoms with Crippen molar-refractivity contribution in [2.75, 3.05) is 0 Å². The quantitative estimate of drug-likeness (QED) is 0.583. The second-order valence-corrected chi connectivity index (χ2v) is 7.49. The molecule has 0 aliphatic carbocycles. The number of allylic oxidation sites excluding steroid dienone is 2. The molecule has 0 aliphatic heterocycles. The van der Waals surface area contributed by atoms with Gasteiger partial charge in [0.15, 0.2) is 0 Å². The van der Waals surface area contributed by atoms with Gasteiger partial charge in [-0.3, -0.25) is 0 Å². The van der Waals surface area contributed by atoms with Gasteiger partial charge in [-0.05, 0) is 43.1 Å². The Labute approximate surface area is 130 Å². The summed E-state index contributed by atoms with van der Waals surface area (Å²) >= 11 is 0. The van der Waals surface area contributed by atoms with Gasteiger partial charge >= 0.3 is 0 Å². The van der Waals surface area contributed by atoms with Crippen LogP contribution in [0.25, 0.3) is 0 Å². The number of hydrogen-bond donors (Lipinski definition) is 0. The maximum absolute atomic E-state index is 2.46. The lowest BCUT2D eigenvalue weighted by Crippen LogP contribution is -2.13. The molecule has 0 bridgehead atoms. The van der Waals surface area contributed by atoms with Gasteiger partial charge in [-0.1, -0.05) is 87.0 Å². The fourth-order valence-electron chi connectivity index (χ4n) is 2.53. The molecule has 21 heavy (non-hydrogen) atoms. The van der Waals surface area contributed by atoms with Gasteiger partial charge in [0.1, 0.15) is 0 Å². The molecule has 2 aromatic carbocycles. The van der Waals surface area contributed by atoms with Crippen molar-refractivity contribution in [2.45, 2.75) is 39.5 Å². The highest BCUT2D eigenvalue weighted by Gasteiger charge is 2.17. The Morgan fingerprint density at radius 1 is 0.857 bits per heavy atom. The molecule has 0 fully saturated rings. The molecule has 0 radical (unpaired) electrons. The van der Waals surface area contributed by atoms with Crippen LogP contribution in [0.15, 0.2) is 72.1 Å². The topological polar surface area (TPSA) is 0 Å². The van der Waals surface area contributed by atoms with E-state index in [0.717, 1.165) is 6.42 Å². The van der Waals surface area contributed by atoms with E-state index in [-0.39, 0.29) is 7.92 Å². The summed E-state index contributed by atoms with van der Waals surface area (Å²) in [5.41, 5.74) is 0. The van der Waals surface area contributed by atoms with Crippen LogP contribution in [0.2, 0.25) is 0 Å². The Bertz CT molecular complexity index is 503. The Morgan fingerprint density at radius 3 is 1.81 bits per heavy atom. The molecule has 0 saturated heterocycles. The van der Waals surface area contributed by atoms with Crippen molar-refractivity contribution in [2.24, 2.45) is 0 Å². The normalized spacial score (nSPS) is 11.9. The van der Waals surface area contributed by atoms with Crippen LogP contribution in [0, 0.1) is 0 Å². The first kappa shape index (κ1) is 16.0. The number of hydrogen-bond acceptors (Lipinski definition) is 0. The average Bonchev–Trinajstić information content (AvgIpc) is 2.55. The zero-order valence-electron chi connectivity index (χ0n) is 13.1. The lowest BCUT2D eigenvalue weighted by molar-refractivity contribution is 0.805. The summed E-state index contributed by atoms with van der Waals surface area (Å²) in [6, 6.07) is 22.0. The van der Waals surface area contributed by atoms with Crippen molar-refractivity contribution >= 4 is 18.5 Å². The van der Waals surface area contributed by atoms with Crippen LogP contribution >= 0.6 is 7.92 Å². The molecular weight excluding hydrogens is 271 g/mol. The van der Waals surface area contributed by atoms with Gasteiger partial charge in [-0.25, -0.2) is 0 Å². The van der Waals surface area contributed by atoms with E-state index in [1.165, 1.54) is 29.9 Å². The van der Waals surface area contributed by atoms with E-state index in [4.69, 9.17) is 0 Å². The van der Waals surface area contributed by atoms with Crippen LogP contribution in [0.4, 0.5) is 0 Å². The zero-order valence-corrected chi connectivity index (χ0v) is 14.0. The smallest absolute Gasteiger partial charge is 0.0154 e. The van der Waals surface area contributed by atoms with E-state index in [2.05, 4.69) is 80.6 Å². The van der Waals surface area contributed by atoms with Gasteiger partial charge in [0.2, 0.25) is 0 Å². The first-order chi connectivity index (χ1) is 10.4. The van der Waals surface area contributed by atoms with Crippen LogP contribution in [0.1, 0.15) is 39.5 Å². The highest BCUT2D eigenvalue weighted by molar-refractivity contribution is 7.76. The third-order valence-corrected chi connectivity index (χ3v) is 6.15. The van der Waals surface area contributed by atoms with Gasteiger partial charge in [0, 0.05) is 0 Å². The van der Waals surface area contributed by atoms with E-state index < -0.39 is 0 Å². The molecular formula is C20H25P. The van der Waals surface area contributed by atoms with Crippen molar-refractivity contribution in [1.82, 2.24) is 0 Å². The Hall–Kier alpha value is -1.39. The van der Waals surface area contributed by atoms with E-state index in [0.29, 0.717) is 0 Å². The van der Waals surface area contributed by atoms with Crippen molar-refractivity contribution in [1.29, 1.82) is 0 Å². The lowest BCUT2D eigenvalue weighted by Gasteiger charge is -2.22.